The molecule has 3 aliphatic rings. The number of hydrogen-bond donors (Lipinski definition) is 2. The van der Waals surface area contributed by atoms with Crippen molar-refractivity contribution in [2.45, 2.75) is 56.7 Å². The summed E-state index contributed by atoms with van der Waals surface area (Å²) in [6.07, 6.45) is 13.0. The van der Waals surface area contributed by atoms with Crippen molar-refractivity contribution in [3.05, 3.63) is 72.4 Å². The second kappa shape index (κ2) is 9.96. The summed E-state index contributed by atoms with van der Waals surface area (Å²) >= 11 is 0. The summed E-state index contributed by atoms with van der Waals surface area (Å²) < 4.78 is 49.0. The quantitative estimate of drug-likeness (QED) is 0.534. The Morgan fingerprint density at radius 3 is 2.88 bits per heavy atom. The van der Waals surface area contributed by atoms with Crippen LogP contribution >= 0.6 is 0 Å². The molecule has 2 N–H and O–H groups in total. The number of halogens is 3. The molecule has 5 nitrogen and oxygen atoms in total. The Hall–Kier alpha value is -2.58. The van der Waals surface area contributed by atoms with E-state index in [4.69, 9.17) is 4.74 Å². The van der Waals surface area contributed by atoms with Crippen molar-refractivity contribution >= 4 is 5.69 Å². The number of imidazole rings is 1. The van der Waals surface area contributed by atoms with Gasteiger partial charge in [-0.1, -0.05) is 24.3 Å². The van der Waals surface area contributed by atoms with Gasteiger partial charge in [0.05, 0.1) is 24.1 Å². The topological polar surface area (TPSA) is 51.1 Å². The summed E-state index contributed by atoms with van der Waals surface area (Å²) in [6.45, 7) is 2.45. The lowest BCUT2D eigenvalue weighted by Gasteiger charge is -2.47. The monoisotopic (exact) mass is 472 g/mol. The highest BCUT2D eigenvalue weighted by atomic mass is 19.4. The second-order valence-corrected chi connectivity index (χ2v) is 9.46. The maximum atomic E-state index is 13.5. The molecule has 182 valence electrons. The number of aromatic nitrogens is 2. The number of hydrogen-bond acceptors (Lipinski definition) is 4. The molecule has 0 amide bonds. The summed E-state index contributed by atoms with van der Waals surface area (Å²) in [5.74, 6) is 0.434. The lowest BCUT2D eigenvalue weighted by Crippen LogP contribution is -2.48. The van der Waals surface area contributed by atoms with Crippen molar-refractivity contribution in [3.63, 3.8) is 0 Å². The van der Waals surface area contributed by atoms with Gasteiger partial charge in [0.15, 0.2) is 0 Å². The van der Waals surface area contributed by atoms with Crippen LogP contribution in [0.4, 0.5) is 18.9 Å². The lowest BCUT2D eigenvalue weighted by atomic mass is 9.73. The Morgan fingerprint density at radius 1 is 1.21 bits per heavy atom. The van der Waals surface area contributed by atoms with E-state index in [-0.39, 0.29) is 24.2 Å². The normalized spacial score (nSPS) is 28.3. The molecule has 5 atom stereocenters. The summed E-state index contributed by atoms with van der Waals surface area (Å²) in [5, 5.41) is 7.05. The molecular formula is C26H31F3N4O. The van der Waals surface area contributed by atoms with Gasteiger partial charge in [-0.15, -0.1) is 0 Å². The standard InChI is InChI=1S/C26H31F3N4O/c27-26(28,29)19-7-10-23-22(15-19)25-21(24(32-23)18-5-2-1-3-6-18)9-8-20(34-25)16-30-11-4-13-33-14-12-31-17-33/h1-3,5,7,10,12,14-15,17-18,20-21,24-25,30,32H,4,6,8-9,11,13,16H2/t18?,20-,21+,24+,25+/m1/s1. The predicted octanol–water partition coefficient (Wildman–Crippen LogP) is 5.34. The molecular weight excluding hydrogens is 441 g/mol. The largest absolute Gasteiger partial charge is 0.416 e. The highest BCUT2D eigenvalue weighted by Crippen LogP contribution is 2.49. The Kier molecular flexibility index (Phi) is 6.79. The zero-order chi connectivity index (χ0) is 23.5. The van der Waals surface area contributed by atoms with E-state index in [1.807, 2.05) is 23.2 Å². The Bertz CT molecular complexity index is 1020. The van der Waals surface area contributed by atoms with Crippen molar-refractivity contribution in [2.24, 2.45) is 11.8 Å². The average Bonchev–Trinajstić information content (AvgIpc) is 3.36. The van der Waals surface area contributed by atoms with Crippen LogP contribution in [0.5, 0.6) is 0 Å². The van der Waals surface area contributed by atoms with Crippen LogP contribution in [0.1, 0.15) is 42.9 Å². The highest BCUT2D eigenvalue weighted by Gasteiger charge is 2.44. The van der Waals surface area contributed by atoms with Gasteiger partial charge in [-0.3, -0.25) is 0 Å². The molecule has 1 unspecified atom stereocenters. The number of ether oxygens (including phenoxy) is 1. The molecule has 2 aromatic rings. The van der Waals surface area contributed by atoms with Crippen molar-refractivity contribution < 1.29 is 17.9 Å². The number of benzene rings is 1. The molecule has 5 rings (SSSR count). The molecule has 1 aromatic heterocycles. The summed E-state index contributed by atoms with van der Waals surface area (Å²) in [4.78, 5) is 4.05. The number of anilines is 1. The van der Waals surface area contributed by atoms with Gasteiger partial charge in [0.1, 0.15) is 0 Å². The van der Waals surface area contributed by atoms with Gasteiger partial charge in [-0.2, -0.15) is 13.2 Å². The highest BCUT2D eigenvalue weighted by molar-refractivity contribution is 5.58. The third-order valence-electron chi connectivity index (χ3n) is 7.19. The maximum Gasteiger partial charge on any atom is 0.416 e. The van der Waals surface area contributed by atoms with E-state index in [0.29, 0.717) is 18.0 Å². The van der Waals surface area contributed by atoms with Crippen LogP contribution in [0, 0.1) is 11.8 Å². The first kappa shape index (κ1) is 23.2. The average molecular weight is 473 g/mol. The molecule has 1 saturated heterocycles. The number of aryl methyl sites for hydroxylation is 1. The minimum atomic E-state index is -4.37. The third-order valence-corrected chi connectivity index (χ3v) is 7.19. The Balaban J connectivity index is 1.28. The minimum absolute atomic E-state index is 0.0163. The molecule has 3 heterocycles. The van der Waals surface area contributed by atoms with Gasteiger partial charge >= 0.3 is 6.18 Å². The van der Waals surface area contributed by atoms with Gasteiger partial charge in [0.25, 0.3) is 0 Å². The number of alkyl halides is 3. The molecule has 0 radical (unpaired) electrons. The van der Waals surface area contributed by atoms with E-state index in [1.54, 1.807) is 12.3 Å². The summed E-state index contributed by atoms with van der Waals surface area (Å²) in [7, 11) is 0. The predicted molar refractivity (Wildman–Crippen MR) is 125 cm³/mol. The van der Waals surface area contributed by atoms with Crippen molar-refractivity contribution in [2.75, 3.05) is 18.4 Å². The van der Waals surface area contributed by atoms with Crippen LogP contribution in [0.2, 0.25) is 0 Å². The van der Waals surface area contributed by atoms with E-state index in [0.717, 1.165) is 44.5 Å². The van der Waals surface area contributed by atoms with Gasteiger partial charge in [-0.25, -0.2) is 4.98 Å². The van der Waals surface area contributed by atoms with E-state index in [1.165, 1.54) is 12.1 Å². The number of nitrogens with one attached hydrogen (secondary N) is 2. The molecule has 34 heavy (non-hydrogen) atoms. The summed E-state index contributed by atoms with van der Waals surface area (Å²) in [6, 6.07) is 4.17. The number of rotatable bonds is 7. The van der Waals surface area contributed by atoms with Crippen LogP contribution in [0.3, 0.4) is 0 Å². The van der Waals surface area contributed by atoms with Crippen LogP contribution in [0.15, 0.2) is 61.2 Å². The fourth-order valence-electron chi connectivity index (χ4n) is 5.48. The first-order valence-corrected chi connectivity index (χ1v) is 12.1. The van der Waals surface area contributed by atoms with Crippen LogP contribution in [-0.2, 0) is 17.5 Å². The van der Waals surface area contributed by atoms with Crippen LogP contribution in [-0.4, -0.2) is 34.8 Å². The first-order chi connectivity index (χ1) is 16.5. The molecule has 0 spiro atoms. The van der Waals surface area contributed by atoms with Crippen molar-refractivity contribution in [3.8, 4) is 0 Å². The molecule has 1 aromatic carbocycles. The molecule has 1 aliphatic carbocycles. The lowest BCUT2D eigenvalue weighted by molar-refractivity contribution is -0.138. The number of fused-ring (bicyclic) bond motifs is 3. The smallest absolute Gasteiger partial charge is 0.381 e. The first-order valence-electron chi connectivity index (χ1n) is 12.1. The fourth-order valence-corrected chi connectivity index (χ4v) is 5.48. The van der Waals surface area contributed by atoms with Crippen molar-refractivity contribution in [1.82, 2.24) is 14.9 Å². The van der Waals surface area contributed by atoms with Gasteiger partial charge in [0, 0.05) is 54.6 Å². The Labute approximate surface area is 198 Å². The maximum absolute atomic E-state index is 13.5. The number of nitrogens with zero attached hydrogens (tertiary/aromatic N) is 2. The van der Waals surface area contributed by atoms with Crippen LogP contribution < -0.4 is 10.6 Å². The zero-order valence-corrected chi connectivity index (χ0v) is 19.0. The molecule has 0 saturated carbocycles. The second-order valence-electron chi connectivity index (χ2n) is 9.46. The van der Waals surface area contributed by atoms with Gasteiger partial charge in [0.2, 0.25) is 0 Å². The third kappa shape index (κ3) is 5.08. The van der Waals surface area contributed by atoms with Gasteiger partial charge < -0.3 is 19.9 Å². The molecule has 1 fully saturated rings. The minimum Gasteiger partial charge on any atom is -0.381 e. The molecule has 8 heteroatoms. The number of allylic oxidation sites excluding steroid dienone is 3. The van der Waals surface area contributed by atoms with E-state index >= 15 is 0 Å². The fraction of sp³-hybridized carbons (Fsp3) is 0.500. The molecule has 2 aliphatic heterocycles. The zero-order valence-electron chi connectivity index (χ0n) is 19.0. The summed E-state index contributed by atoms with van der Waals surface area (Å²) in [5.41, 5.74) is 0.779. The van der Waals surface area contributed by atoms with E-state index in [2.05, 4.69) is 33.8 Å². The van der Waals surface area contributed by atoms with Gasteiger partial charge in [-0.05, 0) is 50.4 Å². The van der Waals surface area contributed by atoms with Crippen LogP contribution in [0.25, 0.3) is 0 Å². The Morgan fingerprint density at radius 2 is 2.12 bits per heavy atom. The molecule has 0 bridgehead atoms. The van der Waals surface area contributed by atoms with E-state index < -0.39 is 11.7 Å². The SMILES string of the molecule is FC(F)(F)c1ccc2c(c1)[C@H]1O[C@@H](CNCCCn3ccnc3)CC[C@H]1[C@H](C1C=CC=CC1)N2. The van der Waals surface area contributed by atoms with Crippen molar-refractivity contribution in [1.29, 1.82) is 0 Å². The van der Waals surface area contributed by atoms with E-state index in [9.17, 15) is 13.2 Å².